The molecule has 0 amide bonds. The molecule has 0 aliphatic rings. The van der Waals surface area contributed by atoms with Crippen LogP contribution < -0.4 is 4.72 Å². The standard InChI is InChI=1S/C17H11ClN2O7S/c18-10-1-6-13(15-7-8-16(27-15)17(21)22)14(9-10)19-28(25,26)12-4-2-11(3-5-12)20(23)24/h1-9,19H,(H,21,22). The van der Waals surface area contributed by atoms with Crippen molar-refractivity contribution in [3.63, 3.8) is 0 Å². The molecule has 9 nitrogen and oxygen atoms in total. The molecule has 0 unspecified atom stereocenters. The Bertz CT molecular complexity index is 1170. The summed E-state index contributed by atoms with van der Waals surface area (Å²) in [7, 11) is -4.10. The summed E-state index contributed by atoms with van der Waals surface area (Å²) in [6.45, 7) is 0. The lowest BCUT2D eigenvalue weighted by Crippen LogP contribution is -2.13. The van der Waals surface area contributed by atoms with Gasteiger partial charge in [-0.3, -0.25) is 14.8 Å². The van der Waals surface area contributed by atoms with Gasteiger partial charge in [0.05, 0.1) is 15.5 Å². The predicted molar refractivity (Wildman–Crippen MR) is 100 cm³/mol. The number of furan rings is 1. The van der Waals surface area contributed by atoms with Crippen molar-refractivity contribution in [3.05, 3.63) is 75.5 Å². The molecule has 144 valence electrons. The zero-order valence-corrected chi connectivity index (χ0v) is 15.4. The summed E-state index contributed by atoms with van der Waals surface area (Å²) in [5.41, 5.74) is 0.0682. The van der Waals surface area contributed by atoms with Crippen molar-refractivity contribution < 1.29 is 27.7 Å². The molecule has 2 aromatic carbocycles. The number of rotatable bonds is 6. The van der Waals surface area contributed by atoms with E-state index in [1.807, 2.05) is 0 Å². The van der Waals surface area contributed by atoms with Crippen molar-refractivity contribution in [1.29, 1.82) is 0 Å². The van der Waals surface area contributed by atoms with Gasteiger partial charge in [0.25, 0.3) is 15.7 Å². The van der Waals surface area contributed by atoms with E-state index in [0.717, 1.165) is 24.3 Å². The number of aromatic carboxylic acids is 1. The summed E-state index contributed by atoms with van der Waals surface area (Å²) in [6, 6.07) is 11.3. The number of hydrogen-bond acceptors (Lipinski definition) is 6. The molecule has 0 bridgehead atoms. The largest absolute Gasteiger partial charge is 0.475 e. The van der Waals surface area contributed by atoms with Gasteiger partial charge < -0.3 is 9.52 Å². The van der Waals surface area contributed by atoms with Crippen LogP contribution in [-0.2, 0) is 10.0 Å². The molecule has 0 saturated carbocycles. The van der Waals surface area contributed by atoms with Gasteiger partial charge in [-0.1, -0.05) is 11.6 Å². The summed E-state index contributed by atoms with van der Waals surface area (Å²) in [5.74, 6) is -1.46. The third-order valence-electron chi connectivity index (χ3n) is 3.67. The highest BCUT2D eigenvalue weighted by atomic mass is 35.5. The van der Waals surface area contributed by atoms with Crippen LogP contribution in [0.2, 0.25) is 5.02 Å². The Hall–Kier alpha value is -3.37. The number of nitro benzene ring substituents is 1. The topological polar surface area (TPSA) is 140 Å². The highest BCUT2D eigenvalue weighted by Gasteiger charge is 2.20. The van der Waals surface area contributed by atoms with Crippen LogP contribution in [0.25, 0.3) is 11.3 Å². The van der Waals surface area contributed by atoms with E-state index in [2.05, 4.69) is 4.72 Å². The van der Waals surface area contributed by atoms with Crippen molar-refractivity contribution in [1.82, 2.24) is 0 Å². The number of anilines is 1. The van der Waals surface area contributed by atoms with Gasteiger partial charge >= 0.3 is 5.97 Å². The Morgan fingerprint density at radius 3 is 2.36 bits per heavy atom. The van der Waals surface area contributed by atoms with E-state index in [1.54, 1.807) is 0 Å². The number of carboxylic acid groups (broad SMARTS) is 1. The van der Waals surface area contributed by atoms with Gasteiger partial charge in [-0.2, -0.15) is 0 Å². The second-order valence-corrected chi connectivity index (χ2v) is 7.63. The van der Waals surface area contributed by atoms with E-state index in [4.69, 9.17) is 21.1 Å². The van der Waals surface area contributed by atoms with Crippen molar-refractivity contribution in [2.24, 2.45) is 0 Å². The maximum absolute atomic E-state index is 12.6. The number of halogens is 1. The van der Waals surface area contributed by atoms with Crippen LogP contribution in [0.1, 0.15) is 10.6 Å². The normalized spacial score (nSPS) is 11.2. The van der Waals surface area contributed by atoms with Crippen molar-refractivity contribution >= 4 is 39.0 Å². The average molecular weight is 423 g/mol. The maximum Gasteiger partial charge on any atom is 0.371 e. The quantitative estimate of drug-likeness (QED) is 0.451. The Kier molecular flexibility index (Phi) is 5.08. The first-order valence-corrected chi connectivity index (χ1v) is 9.44. The highest BCUT2D eigenvalue weighted by molar-refractivity contribution is 7.92. The number of sulfonamides is 1. The van der Waals surface area contributed by atoms with E-state index < -0.39 is 20.9 Å². The molecule has 0 fully saturated rings. The lowest BCUT2D eigenvalue weighted by atomic mass is 10.1. The van der Waals surface area contributed by atoms with Gasteiger partial charge in [-0.15, -0.1) is 0 Å². The Morgan fingerprint density at radius 1 is 1.11 bits per heavy atom. The first kappa shape index (κ1) is 19.4. The second-order valence-electron chi connectivity index (χ2n) is 5.52. The van der Waals surface area contributed by atoms with Gasteiger partial charge in [0.1, 0.15) is 5.76 Å². The smallest absolute Gasteiger partial charge is 0.371 e. The molecular formula is C17H11ClN2O7S. The number of carboxylic acids is 1. The van der Waals surface area contributed by atoms with Gasteiger partial charge in [0.15, 0.2) is 0 Å². The maximum atomic E-state index is 12.6. The number of nitro groups is 1. The molecule has 0 spiro atoms. The molecule has 0 radical (unpaired) electrons. The number of nitrogens with one attached hydrogen (secondary N) is 1. The third kappa shape index (κ3) is 3.97. The summed E-state index contributed by atoms with van der Waals surface area (Å²) < 4.78 is 32.8. The molecule has 1 aromatic heterocycles. The van der Waals surface area contributed by atoms with Crippen LogP contribution in [-0.4, -0.2) is 24.4 Å². The van der Waals surface area contributed by atoms with Gasteiger partial charge in [0.2, 0.25) is 5.76 Å². The highest BCUT2D eigenvalue weighted by Crippen LogP contribution is 2.33. The molecule has 0 aliphatic heterocycles. The number of nitrogens with zero attached hydrogens (tertiary/aromatic N) is 1. The lowest BCUT2D eigenvalue weighted by molar-refractivity contribution is -0.384. The summed E-state index contributed by atoms with van der Waals surface area (Å²) in [4.78, 5) is 20.9. The molecule has 28 heavy (non-hydrogen) atoms. The Balaban J connectivity index is 1.99. The van der Waals surface area contributed by atoms with Crippen LogP contribution in [0.15, 0.2) is 63.9 Å². The summed E-state index contributed by atoms with van der Waals surface area (Å²) >= 11 is 5.96. The van der Waals surface area contributed by atoms with E-state index in [9.17, 15) is 23.3 Å². The fourth-order valence-electron chi connectivity index (χ4n) is 2.36. The van der Waals surface area contributed by atoms with E-state index >= 15 is 0 Å². The van der Waals surface area contributed by atoms with Gasteiger partial charge in [-0.25, -0.2) is 13.2 Å². The van der Waals surface area contributed by atoms with Crippen LogP contribution in [0.3, 0.4) is 0 Å². The summed E-state index contributed by atoms with van der Waals surface area (Å²) in [6.07, 6.45) is 0. The molecule has 1 heterocycles. The van der Waals surface area contributed by atoms with E-state index in [0.29, 0.717) is 0 Å². The van der Waals surface area contributed by atoms with Crippen LogP contribution in [0, 0.1) is 10.1 Å². The second kappa shape index (κ2) is 7.33. The number of benzene rings is 2. The van der Waals surface area contributed by atoms with Crippen LogP contribution in [0.4, 0.5) is 11.4 Å². The molecule has 11 heteroatoms. The summed E-state index contributed by atoms with van der Waals surface area (Å²) in [5, 5.41) is 19.9. The number of hydrogen-bond donors (Lipinski definition) is 2. The molecule has 0 aliphatic carbocycles. The number of carbonyl (C=O) groups is 1. The van der Waals surface area contributed by atoms with E-state index in [1.165, 1.54) is 30.3 Å². The zero-order chi connectivity index (χ0) is 20.5. The first-order chi connectivity index (χ1) is 13.2. The lowest BCUT2D eigenvalue weighted by Gasteiger charge is -2.12. The van der Waals surface area contributed by atoms with E-state index in [-0.39, 0.29) is 38.4 Å². The molecule has 0 saturated heterocycles. The zero-order valence-electron chi connectivity index (χ0n) is 13.8. The minimum atomic E-state index is -4.10. The predicted octanol–water partition coefficient (Wildman–Crippen LogP) is 4.01. The fourth-order valence-corrected chi connectivity index (χ4v) is 3.61. The van der Waals surface area contributed by atoms with Crippen LogP contribution in [0.5, 0.6) is 0 Å². The molecule has 3 rings (SSSR count). The van der Waals surface area contributed by atoms with Crippen LogP contribution >= 0.6 is 11.6 Å². The average Bonchev–Trinajstić information content (AvgIpc) is 3.12. The minimum absolute atomic E-state index is 0.0529. The van der Waals surface area contributed by atoms with Crippen molar-refractivity contribution in [2.75, 3.05) is 4.72 Å². The Morgan fingerprint density at radius 2 is 1.79 bits per heavy atom. The van der Waals surface area contributed by atoms with Crippen molar-refractivity contribution in [3.8, 4) is 11.3 Å². The monoisotopic (exact) mass is 422 g/mol. The first-order valence-electron chi connectivity index (χ1n) is 7.58. The molecule has 0 atom stereocenters. The fraction of sp³-hybridized carbons (Fsp3) is 0. The molecule has 2 N–H and O–H groups in total. The number of non-ortho nitro benzene ring substituents is 1. The molecule has 3 aromatic rings. The van der Waals surface area contributed by atoms with Gasteiger partial charge in [0, 0.05) is 22.7 Å². The van der Waals surface area contributed by atoms with Crippen molar-refractivity contribution in [2.45, 2.75) is 4.90 Å². The third-order valence-corrected chi connectivity index (χ3v) is 5.28. The van der Waals surface area contributed by atoms with Gasteiger partial charge in [-0.05, 0) is 42.5 Å². The SMILES string of the molecule is O=C(O)c1ccc(-c2ccc(Cl)cc2NS(=O)(=O)c2ccc([N+](=O)[O-])cc2)o1. The molecular weight excluding hydrogens is 412 g/mol. The Labute approximate surface area is 163 Å². The minimum Gasteiger partial charge on any atom is -0.475 e.